The summed E-state index contributed by atoms with van der Waals surface area (Å²) in [5, 5.41) is 0. The Morgan fingerprint density at radius 2 is 1.69 bits per heavy atom. The second kappa shape index (κ2) is 7.97. The van der Waals surface area contributed by atoms with Crippen molar-refractivity contribution in [1.29, 1.82) is 0 Å². The van der Waals surface area contributed by atoms with Gasteiger partial charge in [0, 0.05) is 13.0 Å². The Morgan fingerprint density at radius 1 is 1.08 bits per heavy atom. The van der Waals surface area contributed by atoms with Crippen LogP contribution in [0.5, 0.6) is 0 Å². The molecule has 1 heterocycles. The van der Waals surface area contributed by atoms with Crippen LogP contribution in [-0.4, -0.2) is 17.5 Å². The third-order valence-corrected chi connectivity index (χ3v) is 5.09. The number of fused-ring (bicyclic) bond motifs is 1. The van der Waals surface area contributed by atoms with E-state index in [0.717, 1.165) is 29.7 Å². The standard InChI is InChI=1S/C12H16FN2.C7H8O3S/c1-4-14-9(3)15(5-2)12-8-10(13)6-7-11(12)14;1-6-2-4-7(5-3-6)11(8,9)10/h6-8H,4-5H2,1-3H3;2-5H,1H3,(H,8,9,10)/q+1;/p-1. The molecule has 0 radical (unpaired) electrons. The van der Waals surface area contributed by atoms with Gasteiger partial charge in [0.1, 0.15) is 15.9 Å². The van der Waals surface area contributed by atoms with E-state index in [1.54, 1.807) is 18.2 Å². The summed E-state index contributed by atoms with van der Waals surface area (Å²) in [6, 6.07) is 10.8. The maximum atomic E-state index is 13.2. The summed E-state index contributed by atoms with van der Waals surface area (Å²) in [4.78, 5) is -0.178. The van der Waals surface area contributed by atoms with Crippen LogP contribution in [-0.2, 0) is 23.2 Å². The number of hydrogen-bond acceptors (Lipinski definition) is 3. The lowest BCUT2D eigenvalue weighted by Gasteiger charge is -2.05. The SMILES string of the molecule is CCn1c(C)[n+](CC)c2ccc(F)cc21.Cc1ccc(S(=O)(=O)[O-])cc1. The van der Waals surface area contributed by atoms with E-state index >= 15 is 0 Å². The van der Waals surface area contributed by atoms with E-state index in [9.17, 15) is 17.4 Å². The zero-order valence-electron chi connectivity index (χ0n) is 15.4. The van der Waals surface area contributed by atoms with Gasteiger partial charge in [-0.15, -0.1) is 0 Å². The molecule has 0 atom stereocenters. The summed E-state index contributed by atoms with van der Waals surface area (Å²) in [6.07, 6.45) is 0. The maximum absolute atomic E-state index is 13.2. The molecule has 0 aliphatic heterocycles. The maximum Gasteiger partial charge on any atom is 0.254 e. The Morgan fingerprint density at radius 3 is 2.19 bits per heavy atom. The van der Waals surface area contributed by atoms with Crippen molar-refractivity contribution in [3.8, 4) is 0 Å². The van der Waals surface area contributed by atoms with Crippen LogP contribution in [0.1, 0.15) is 25.2 Å². The minimum atomic E-state index is -4.27. The Labute approximate surface area is 153 Å². The molecule has 0 spiro atoms. The molecular weight excluding hydrogens is 355 g/mol. The molecule has 0 aliphatic carbocycles. The predicted molar refractivity (Wildman–Crippen MR) is 97.3 cm³/mol. The fraction of sp³-hybridized carbons (Fsp3) is 0.316. The molecular formula is C19H23FN2O3S. The number of halogens is 1. The molecule has 0 unspecified atom stereocenters. The minimum absolute atomic E-state index is 0.169. The van der Waals surface area contributed by atoms with Crippen molar-refractivity contribution < 1.29 is 21.9 Å². The first-order chi connectivity index (χ1) is 12.2. The highest BCUT2D eigenvalue weighted by Gasteiger charge is 2.19. The van der Waals surface area contributed by atoms with Crippen LogP contribution in [0.3, 0.4) is 0 Å². The quantitative estimate of drug-likeness (QED) is 0.519. The van der Waals surface area contributed by atoms with Crippen LogP contribution in [0.25, 0.3) is 11.0 Å². The molecule has 7 heteroatoms. The molecule has 1 aromatic heterocycles. The van der Waals surface area contributed by atoms with E-state index < -0.39 is 10.1 Å². The number of rotatable bonds is 3. The fourth-order valence-electron chi connectivity index (χ4n) is 2.94. The van der Waals surface area contributed by atoms with Crippen LogP contribution >= 0.6 is 0 Å². The fourth-order valence-corrected chi connectivity index (χ4v) is 3.41. The molecule has 3 aromatic rings. The van der Waals surface area contributed by atoms with E-state index in [4.69, 9.17) is 0 Å². The third kappa shape index (κ3) is 4.28. The highest BCUT2D eigenvalue weighted by Crippen LogP contribution is 2.15. The van der Waals surface area contributed by atoms with E-state index in [1.165, 1.54) is 24.0 Å². The molecule has 140 valence electrons. The first kappa shape index (κ1) is 20.1. The molecule has 0 bridgehead atoms. The van der Waals surface area contributed by atoms with Crippen molar-refractivity contribution in [2.75, 3.05) is 0 Å². The first-order valence-corrected chi connectivity index (χ1v) is 9.80. The lowest BCUT2D eigenvalue weighted by molar-refractivity contribution is -0.674. The Kier molecular flexibility index (Phi) is 6.15. The van der Waals surface area contributed by atoms with E-state index in [1.807, 2.05) is 13.0 Å². The van der Waals surface area contributed by atoms with Gasteiger partial charge in [-0.25, -0.2) is 21.9 Å². The van der Waals surface area contributed by atoms with E-state index in [-0.39, 0.29) is 10.7 Å². The van der Waals surface area contributed by atoms with Gasteiger partial charge >= 0.3 is 0 Å². The van der Waals surface area contributed by atoms with Crippen molar-refractivity contribution >= 4 is 21.2 Å². The summed E-state index contributed by atoms with van der Waals surface area (Å²) in [7, 11) is -4.27. The normalized spacial score (nSPS) is 11.3. The van der Waals surface area contributed by atoms with Gasteiger partial charge < -0.3 is 4.55 Å². The summed E-state index contributed by atoms with van der Waals surface area (Å²) in [6.45, 7) is 9.87. The highest BCUT2D eigenvalue weighted by molar-refractivity contribution is 7.85. The topological polar surface area (TPSA) is 66.0 Å². The van der Waals surface area contributed by atoms with Crippen LogP contribution in [0.4, 0.5) is 4.39 Å². The van der Waals surface area contributed by atoms with E-state index in [0.29, 0.717) is 0 Å². The average molecular weight is 378 g/mol. The smallest absolute Gasteiger partial charge is 0.254 e. The Hall–Kier alpha value is -2.25. The largest absolute Gasteiger partial charge is 0.744 e. The van der Waals surface area contributed by atoms with Crippen molar-refractivity contribution in [2.24, 2.45) is 0 Å². The van der Waals surface area contributed by atoms with Crippen LogP contribution in [0.2, 0.25) is 0 Å². The molecule has 0 N–H and O–H groups in total. The molecule has 5 nitrogen and oxygen atoms in total. The highest BCUT2D eigenvalue weighted by atomic mass is 32.2. The Balaban J connectivity index is 0.000000197. The first-order valence-electron chi connectivity index (χ1n) is 8.39. The molecule has 3 rings (SSSR count). The minimum Gasteiger partial charge on any atom is -0.744 e. The number of aromatic nitrogens is 2. The van der Waals surface area contributed by atoms with Crippen molar-refractivity contribution in [2.45, 2.75) is 45.7 Å². The third-order valence-electron chi connectivity index (χ3n) is 4.24. The summed E-state index contributed by atoms with van der Waals surface area (Å²) in [5.41, 5.74) is 3.02. The van der Waals surface area contributed by atoms with Crippen molar-refractivity contribution in [3.05, 3.63) is 59.7 Å². The van der Waals surface area contributed by atoms with Gasteiger partial charge in [0.2, 0.25) is 0 Å². The molecule has 26 heavy (non-hydrogen) atoms. The molecule has 0 fully saturated rings. The van der Waals surface area contributed by atoms with Gasteiger partial charge in [-0.05, 0) is 45.0 Å². The average Bonchev–Trinajstić information content (AvgIpc) is 2.84. The second-order valence-electron chi connectivity index (χ2n) is 5.94. The molecule has 2 aromatic carbocycles. The molecule has 0 aliphatic rings. The number of benzene rings is 2. The van der Waals surface area contributed by atoms with Gasteiger partial charge in [0.05, 0.1) is 18.0 Å². The summed E-state index contributed by atoms with van der Waals surface area (Å²) >= 11 is 0. The molecule has 0 saturated carbocycles. The molecule has 0 amide bonds. The lowest BCUT2D eigenvalue weighted by atomic mass is 10.2. The summed E-state index contributed by atoms with van der Waals surface area (Å²) < 4.78 is 48.7. The van der Waals surface area contributed by atoms with Crippen LogP contribution in [0, 0.1) is 19.7 Å². The lowest BCUT2D eigenvalue weighted by Crippen LogP contribution is -2.35. The van der Waals surface area contributed by atoms with Crippen LogP contribution in [0.15, 0.2) is 47.4 Å². The van der Waals surface area contributed by atoms with E-state index in [2.05, 4.69) is 29.9 Å². The van der Waals surface area contributed by atoms with Gasteiger partial charge in [-0.1, -0.05) is 17.7 Å². The monoisotopic (exact) mass is 378 g/mol. The number of imidazole rings is 1. The van der Waals surface area contributed by atoms with Crippen molar-refractivity contribution in [3.63, 3.8) is 0 Å². The van der Waals surface area contributed by atoms with Crippen LogP contribution < -0.4 is 4.57 Å². The zero-order chi connectivity index (χ0) is 19.5. The number of nitrogens with zero attached hydrogens (tertiary/aromatic N) is 2. The number of aryl methyl sites for hydroxylation is 3. The number of hydrogen-bond donors (Lipinski definition) is 0. The van der Waals surface area contributed by atoms with Gasteiger partial charge in [-0.2, -0.15) is 0 Å². The Bertz CT molecular complexity index is 1010. The predicted octanol–water partition coefficient (Wildman–Crippen LogP) is 3.32. The van der Waals surface area contributed by atoms with Gasteiger partial charge in [-0.3, -0.25) is 0 Å². The zero-order valence-corrected chi connectivity index (χ0v) is 16.2. The van der Waals surface area contributed by atoms with Gasteiger partial charge in [0.15, 0.2) is 11.0 Å². The van der Waals surface area contributed by atoms with Gasteiger partial charge in [0.25, 0.3) is 5.82 Å². The second-order valence-corrected chi connectivity index (χ2v) is 7.32. The van der Waals surface area contributed by atoms with Crippen molar-refractivity contribution in [1.82, 2.24) is 4.57 Å². The molecule has 0 saturated heterocycles. The summed E-state index contributed by atoms with van der Waals surface area (Å²) in [5.74, 6) is 1.01.